The highest BCUT2D eigenvalue weighted by Gasteiger charge is 2.36. The average Bonchev–Trinajstić information content (AvgIpc) is 2.62. The first-order valence-corrected chi connectivity index (χ1v) is 10.3. The lowest BCUT2D eigenvalue weighted by Gasteiger charge is -2.13. The van der Waals surface area contributed by atoms with Crippen LogP contribution in [0.5, 0.6) is 5.75 Å². The predicted molar refractivity (Wildman–Crippen MR) is 93.5 cm³/mol. The number of benzene rings is 2. The molecule has 0 atom stereocenters. The van der Waals surface area contributed by atoms with Crippen molar-refractivity contribution in [1.29, 1.82) is 0 Å². The summed E-state index contributed by atoms with van der Waals surface area (Å²) in [7, 11) is -7.40. The number of para-hydroxylation sites is 1. The van der Waals surface area contributed by atoms with Crippen LogP contribution in [0.15, 0.2) is 74.9 Å². The van der Waals surface area contributed by atoms with Crippen molar-refractivity contribution < 1.29 is 26.3 Å². The first kappa shape index (κ1) is 19.0. The molecule has 2 aromatic rings. The molecular weight excluding hydrogens is 364 g/mol. The lowest BCUT2D eigenvalue weighted by Crippen LogP contribution is -2.16. The van der Waals surface area contributed by atoms with Crippen molar-refractivity contribution in [3.05, 3.63) is 65.1 Å². The van der Waals surface area contributed by atoms with Gasteiger partial charge in [0.15, 0.2) is 0 Å². The van der Waals surface area contributed by atoms with Crippen molar-refractivity contribution in [2.45, 2.75) is 16.7 Å². The second-order valence-electron chi connectivity index (χ2n) is 4.86. The largest absolute Gasteiger partial charge is 0.499 e. The summed E-state index contributed by atoms with van der Waals surface area (Å²) >= 11 is 0. The van der Waals surface area contributed by atoms with E-state index < -0.39 is 23.9 Å². The summed E-state index contributed by atoms with van der Waals surface area (Å²) in [4.78, 5) is -0.387. The van der Waals surface area contributed by atoms with Gasteiger partial charge in [-0.15, -0.1) is 0 Å². The van der Waals surface area contributed by atoms with Crippen molar-refractivity contribution in [3.63, 3.8) is 0 Å². The Morgan fingerprint density at radius 2 is 1.52 bits per heavy atom. The van der Waals surface area contributed by atoms with Crippen LogP contribution in [0.4, 0.5) is 0 Å². The molecule has 134 valence electrons. The van der Waals surface area contributed by atoms with Crippen molar-refractivity contribution in [2.24, 2.45) is 0 Å². The summed E-state index contributed by atoms with van der Waals surface area (Å²) in [6.07, 6.45) is 0.768. The molecule has 0 saturated heterocycles. The van der Waals surface area contributed by atoms with Gasteiger partial charge in [0.1, 0.15) is 16.9 Å². The summed E-state index contributed by atoms with van der Waals surface area (Å²) in [6, 6.07) is 13.1. The Hall–Kier alpha value is -2.32. The third kappa shape index (κ3) is 3.85. The Balaban J connectivity index is 2.71. The second kappa shape index (κ2) is 7.71. The standard InChI is InChI=1S/C17H18O6S2/c1-3-23-13-17(24(18,19)14-9-5-4-6-10-14)25(20,21)16-12-8-7-11-15(16)22-2/h4-13H,3H2,1-2H3/b17-13+. The highest BCUT2D eigenvalue weighted by Crippen LogP contribution is 2.33. The summed E-state index contributed by atoms with van der Waals surface area (Å²) < 4.78 is 61.1. The monoisotopic (exact) mass is 382 g/mol. The van der Waals surface area contributed by atoms with Crippen LogP contribution in [0.3, 0.4) is 0 Å². The molecule has 2 aromatic carbocycles. The van der Waals surface area contributed by atoms with Gasteiger partial charge in [-0.25, -0.2) is 16.8 Å². The van der Waals surface area contributed by atoms with E-state index in [4.69, 9.17) is 9.47 Å². The van der Waals surface area contributed by atoms with Crippen molar-refractivity contribution in [1.82, 2.24) is 0 Å². The molecule has 0 fully saturated rings. The van der Waals surface area contributed by atoms with E-state index in [1.165, 1.54) is 49.6 Å². The highest BCUT2D eigenvalue weighted by molar-refractivity contribution is 8.14. The molecule has 0 aliphatic carbocycles. The Morgan fingerprint density at radius 3 is 2.12 bits per heavy atom. The van der Waals surface area contributed by atoms with Gasteiger partial charge < -0.3 is 9.47 Å². The number of rotatable bonds is 7. The zero-order chi connectivity index (χ0) is 18.5. The maximum absolute atomic E-state index is 13.0. The van der Waals surface area contributed by atoms with Crippen LogP contribution in [0, 0.1) is 0 Å². The van der Waals surface area contributed by atoms with E-state index in [1.54, 1.807) is 19.1 Å². The Bertz CT molecular complexity index is 961. The zero-order valence-corrected chi connectivity index (χ0v) is 15.4. The highest BCUT2D eigenvalue weighted by atomic mass is 32.3. The van der Waals surface area contributed by atoms with Gasteiger partial charge in [-0.1, -0.05) is 30.3 Å². The predicted octanol–water partition coefficient (Wildman–Crippen LogP) is 2.78. The fourth-order valence-electron chi connectivity index (χ4n) is 2.09. The molecule has 25 heavy (non-hydrogen) atoms. The van der Waals surface area contributed by atoms with Crippen molar-refractivity contribution >= 4 is 19.7 Å². The molecule has 2 rings (SSSR count). The number of methoxy groups -OCH3 is 1. The molecule has 6 nitrogen and oxygen atoms in total. The van der Waals surface area contributed by atoms with Gasteiger partial charge in [0.25, 0.3) is 0 Å². The summed E-state index contributed by atoms with van der Waals surface area (Å²) in [5.41, 5.74) is 0. The van der Waals surface area contributed by atoms with Crippen LogP contribution in [0.2, 0.25) is 0 Å². The van der Waals surface area contributed by atoms with Gasteiger partial charge in [0.2, 0.25) is 23.9 Å². The van der Waals surface area contributed by atoms with Gasteiger partial charge in [-0.05, 0) is 31.2 Å². The second-order valence-corrected chi connectivity index (χ2v) is 8.93. The molecule has 8 heteroatoms. The van der Waals surface area contributed by atoms with E-state index in [9.17, 15) is 16.8 Å². The number of hydrogen-bond acceptors (Lipinski definition) is 6. The van der Waals surface area contributed by atoms with E-state index in [0.29, 0.717) is 0 Å². The molecule has 0 saturated carbocycles. The Morgan fingerprint density at radius 1 is 0.920 bits per heavy atom. The van der Waals surface area contributed by atoms with Crippen LogP contribution in [0.1, 0.15) is 6.92 Å². The molecule has 0 bridgehead atoms. The fraction of sp³-hybridized carbons (Fsp3) is 0.176. The zero-order valence-electron chi connectivity index (χ0n) is 13.7. The molecule has 0 unspecified atom stereocenters. The van der Waals surface area contributed by atoms with E-state index >= 15 is 0 Å². The van der Waals surface area contributed by atoms with Gasteiger partial charge in [0, 0.05) is 0 Å². The molecule has 0 aliphatic rings. The van der Waals surface area contributed by atoms with Crippen molar-refractivity contribution in [2.75, 3.05) is 13.7 Å². The van der Waals surface area contributed by atoms with Crippen LogP contribution in [0.25, 0.3) is 0 Å². The number of sulfone groups is 2. The average molecular weight is 382 g/mol. The normalized spacial score (nSPS) is 12.6. The number of ether oxygens (including phenoxy) is 2. The first-order chi connectivity index (χ1) is 11.9. The quantitative estimate of drug-likeness (QED) is 0.685. The summed E-state index contributed by atoms with van der Waals surface area (Å²) in [5.74, 6) is 0.0492. The Labute approximate surface area is 147 Å². The third-order valence-electron chi connectivity index (χ3n) is 3.29. The van der Waals surface area contributed by atoms with Crippen molar-refractivity contribution in [3.8, 4) is 5.75 Å². The van der Waals surface area contributed by atoms with E-state index in [-0.39, 0.29) is 22.1 Å². The molecule has 0 aromatic heterocycles. The third-order valence-corrected chi connectivity index (χ3v) is 7.67. The maximum Gasteiger partial charge on any atom is 0.224 e. The SMILES string of the molecule is CCO/C=C(\S(=O)(=O)c1ccccc1)S(=O)(=O)c1ccccc1OC. The van der Waals surface area contributed by atoms with Crippen LogP contribution in [-0.2, 0) is 24.4 Å². The van der Waals surface area contributed by atoms with Crippen LogP contribution >= 0.6 is 0 Å². The molecule has 0 spiro atoms. The van der Waals surface area contributed by atoms with Gasteiger partial charge in [-0.3, -0.25) is 0 Å². The molecule has 0 heterocycles. The minimum atomic E-state index is -4.40. The van der Waals surface area contributed by atoms with Gasteiger partial charge in [0.05, 0.1) is 18.6 Å². The summed E-state index contributed by atoms with van der Waals surface area (Å²) in [6.45, 7) is 1.74. The van der Waals surface area contributed by atoms with Gasteiger partial charge in [-0.2, -0.15) is 0 Å². The molecule has 0 N–H and O–H groups in total. The molecular formula is C17H18O6S2. The first-order valence-electron chi connectivity index (χ1n) is 7.35. The number of hydrogen-bond donors (Lipinski definition) is 0. The molecule has 0 aliphatic heterocycles. The molecule has 0 amide bonds. The smallest absolute Gasteiger partial charge is 0.224 e. The van der Waals surface area contributed by atoms with Crippen LogP contribution in [-0.4, -0.2) is 30.6 Å². The fourth-order valence-corrected chi connectivity index (χ4v) is 5.83. The maximum atomic E-state index is 13.0. The Kier molecular flexibility index (Phi) is 5.86. The molecule has 0 radical (unpaired) electrons. The van der Waals surface area contributed by atoms with Crippen LogP contribution < -0.4 is 4.74 Å². The topological polar surface area (TPSA) is 86.7 Å². The minimum Gasteiger partial charge on any atom is -0.499 e. The lowest BCUT2D eigenvalue weighted by atomic mass is 10.3. The summed E-state index contributed by atoms with van der Waals surface area (Å²) in [5, 5.41) is 0. The minimum absolute atomic E-state index is 0.0492. The lowest BCUT2D eigenvalue weighted by molar-refractivity contribution is 0.269. The van der Waals surface area contributed by atoms with E-state index in [0.717, 1.165) is 6.26 Å². The van der Waals surface area contributed by atoms with E-state index in [1.807, 2.05) is 0 Å². The van der Waals surface area contributed by atoms with E-state index in [2.05, 4.69) is 0 Å². The van der Waals surface area contributed by atoms with Gasteiger partial charge >= 0.3 is 0 Å².